The minimum absolute atomic E-state index is 1.19. The molecule has 0 unspecified atom stereocenters. The molecule has 0 atom stereocenters. The van der Waals surface area contributed by atoms with Crippen molar-refractivity contribution in [3.63, 3.8) is 0 Å². The van der Waals surface area contributed by atoms with Crippen LogP contribution in [0.4, 0.5) is 0 Å². The molecule has 1 aromatic heterocycles. The summed E-state index contributed by atoms with van der Waals surface area (Å²) in [4.78, 5) is 0. The molecule has 0 bridgehead atoms. The summed E-state index contributed by atoms with van der Waals surface area (Å²) in [5.74, 6) is 0. The van der Waals surface area contributed by atoms with Crippen molar-refractivity contribution in [2.45, 2.75) is 162 Å². The average molecular weight is 420 g/mol. The molecule has 0 fully saturated rings. The Balaban J connectivity index is 1.78. The summed E-state index contributed by atoms with van der Waals surface area (Å²) in [6.07, 6.45) is 36.8. The predicted molar refractivity (Wildman–Crippen MR) is 133 cm³/mol. The minimum atomic E-state index is 1.19. The van der Waals surface area contributed by atoms with Crippen molar-refractivity contribution in [1.82, 2.24) is 4.57 Å². The molecule has 0 aromatic carbocycles. The molecule has 0 radical (unpaired) electrons. The van der Waals surface area contributed by atoms with E-state index in [-0.39, 0.29) is 0 Å². The highest BCUT2D eigenvalue weighted by Crippen LogP contribution is 2.14. The second-order valence-corrected chi connectivity index (χ2v) is 9.61. The fraction of sp³-hybridized carbons (Fsp3) is 0.893. The van der Waals surface area contributed by atoms with Crippen LogP contribution in [-0.4, -0.2) is 4.57 Å². The van der Waals surface area contributed by atoms with Crippen molar-refractivity contribution < 1.29 is 4.57 Å². The van der Waals surface area contributed by atoms with Crippen LogP contribution < -0.4 is 4.57 Å². The molecule has 176 valence electrons. The maximum atomic E-state index is 2.38. The topological polar surface area (TPSA) is 8.81 Å². The predicted octanol–water partition coefficient (Wildman–Crippen LogP) is 9.01. The van der Waals surface area contributed by atoms with Crippen LogP contribution in [0.15, 0.2) is 18.7 Å². The van der Waals surface area contributed by atoms with E-state index < -0.39 is 0 Å². The maximum Gasteiger partial charge on any atom is 0.243 e. The first-order valence-corrected chi connectivity index (χ1v) is 13.9. The van der Waals surface area contributed by atoms with Gasteiger partial charge in [0.2, 0.25) is 6.33 Å². The number of aryl methyl sites for hydroxylation is 2. The van der Waals surface area contributed by atoms with Crippen LogP contribution in [0, 0.1) is 0 Å². The van der Waals surface area contributed by atoms with Crippen molar-refractivity contribution in [2.24, 2.45) is 0 Å². The molecule has 2 nitrogen and oxygen atoms in total. The largest absolute Gasteiger partial charge is 0.243 e. The van der Waals surface area contributed by atoms with E-state index in [1.54, 1.807) is 0 Å². The third-order valence-corrected chi connectivity index (χ3v) is 6.54. The van der Waals surface area contributed by atoms with Gasteiger partial charge < -0.3 is 0 Å². The van der Waals surface area contributed by atoms with Crippen LogP contribution in [0.5, 0.6) is 0 Å². The zero-order valence-electron chi connectivity index (χ0n) is 20.9. The van der Waals surface area contributed by atoms with E-state index in [4.69, 9.17) is 0 Å². The lowest BCUT2D eigenvalue weighted by atomic mass is 10.0. The molecule has 0 aliphatic rings. The van der Waals surface area contributed by atoms with Gasteiger partial charge in [0.05, 0.1) is 13.1 Å². The molecule has 0 amide bonds. The summed E-state index contributed by atoms with van der Waals surface area (Å²) < 4.78 is 4.74. The van der Waals surface area contributed by atoms with E-state index in [9.17, 15) is 0 Å². The zero-order valence-corrected chi connectivity index (χ0v) is 20.9. The van der Waals surface area contributed by atoms with Gasteiger partial charge in [-0.25, -0.2) is 9.13 Å². The van der Waals surface area contributed by atoms with Crippen LogP contribution in [-0.2, 0) is 13.1 Å². The molecule has 2 heteroatoms. The van der Waals surface area contributed by atoms with Crippen molar-refractivity contribution in [3.8, 4) is 0 Å². The number of nitrogens with zero attached hydrogens (tertiary/aromatic N) is 2. The molecule has 1 heterocycles. The lowest BCUT2D eigenvalue weighted by molar-refractivity contribution is -0.696. The van der Waals surface area contributed by atoms with E-state index in [1.165, 1.54) is 148 Å². The molecule has 0 aliphatic heterocycles. The smallest absolute Gasteiger partial charge is 0.237 e. The fourth-order valence-electron chi connectivity index (χ4n) is 4.44. The Hall–Kier alpha value is -0.790. The lowest BCUT2D eigenvalue weighted by Crippen LogP contribution is -2.30. The molecule has 0 saturated heterocycles. The van der Waals surface area contributed by atoms with Crippen molar-refractivity contribution >= 4 is 0 Å². The first-order valence-electron chi connectivity index (χ1n) is 13.9. The van der Waals surface area contributed by atoms with Gasteiger partial charge in [-0.05, 0) is 25.7 Å². The molecule has 0 N–H and O–H groups in total. The average Bonchev–Trinajstić information content (AvgIpc) is 3.21. The van der Waals surface area contributed by atoms with Gasteiger partial charge in [0.15, 0.2) is 0 Å². The molecule has 1 rings (SSSR count). The Morgan fingerprint density at radius 1 is 0.500 bits per heavy atom. The lowest BCUT2D eigenvalue weighted by Gasteiger charge is -2.03. The van der Waals surface area contributed by atoms with E-state index >= 15 is 0 Å². The number of rotatable bonds is 23. The van der Waals surface area contributed by atoms with E-state index in [0.717, 1.165) is 0 Å². The molecular formula is C28H55N2+. The Kier molecular flexibility index (Phi) is 19.5. The van der Waals surface area contributed by atoms with E-state index in [0.29, 0.717) is 0 Å². The third-order valence-electron chi connectivity index (χ3n) is 6.54. The van der Waals surface area contributed by atoms with Gasteiger partial charge in [0, 0.05) is 0 Å². The van der Waals surface area contributed by atoms with Crippen LogP contribution in [0.25, 0.3) is 0 Å². The van der Waals surface area contributed by atoms with Crippen molar-refractivity contribution in [3.05, 3.63) is 18.7 Å². The summed E-state index contributed by atoms with van der Waals surface area (Å²) in [6.45, 7) is 6.96. The summed E-state index contributed by atoms with van der Waals surface area (Å²) in [7, 11) is 0. The standard InChI is InChI=1S/C28H55N2/c1-3-5-7-9-10-11-12-13-14-15-16-17-18-19-20-21-23-25-30-27-26-29(28-30)24-22-8-6-4-2/h26-28H,3-25H2,1-2H3/q+1. The van der Waals surface area contributed by atoms with Crippen LogP contribution in [0.3, 0.4) is 0 Å². The Morgan fingerprint density at radius 2 is 0.900 bits per heavy atom. The van der Waals surface area contributed by atoms with Gasteiger partial charge in [-0.2, -0.15) is 0 Å². The summed E-state index contributed by atoms with van der Waals surface area (Å²) in [6, 6.07) is 0. The van der Waals surface area contributed by atoms with Crippen molar-refractivity contribution in [1.29, 1.82) is 0 Å². The zero-order chi connectivity index (χ0) is 21.5. The van der Waals surface area contributed by atoms with Crippen LogP contribution in [0.2, 0.25) is 0 Å². The van der Waals surface area contributed by atoms with Gasteiger partial charge >= 0.3 is 0 Å². The SMILES string of the molecule is CCCCCCCCCCCCCCCCCCC[n+]1ccn(CCCCCC)c1. The van der Waals surface area contributed by atoms with E-state index in [1.807, 2.05) is 0 Å². The van der Waals surface area contributed by atoms with E-state index in [2.05, 4.69) is 41.7 Å². The normalized spacial score (nSPS) is 11.4. The molecule has 1 aromatic rings. The fourth-order valence-corrected chi connectivity index (χ4v) is 4.44. The molecule has 0 saturated carbocycles. The molecule has 0 aliphatic carbocycles. The van der Waals surface area contributed by atoms with Crippen LogP contribution in [0.1, 0.15) is 149 Å². The van der Waals surface area contributed by atoms with Crippen molar-refractivity contribution in [2.75, 3.05) is 0 Å². The highest BCUT2D eigenvalue weighted by atomic mass is 15.1. The molecular weight excluding hydrogens is 364 g/mol. The van der Waals surface area contributed by atoms with Gasteiger partial charge in [-0.3, -0.25) is 0 Å². The van der Waals surface area contributed by atoms with Gasteiger partial charge in [-0.15, -0.1) is 0 Å². The Labute approximate surface area is 189 Å². The summed E-state index contributed by atoms with van der Waals surface area (Å²) in [5, 5.41) is 0. The highest BCUT2D eigenvalue weighted by molar-refractivity contribution is 4.66. The second kappa shape index (κ2) is 21.4. The number of imidazole rings is 1. The second-order valence-electron chi connectivity index (χ2n) is 9.61. The number of hydrogen-bond donors (Lipinski definition) is 0. The number of unbranched alkanes of at least 4 members (excludes halogenated alkanes) is 19. The first-order chi connectivity index (χ1) is 14.9. The number of hydrogen-bond acceptors (Lipinski definition) is 0. The molecule has 0 spiro atoms. The van der Waals surface area contributed by atoms with Gasteiger partial charge in [0.25, 0.3) is 0 Å². The monoisotopic (exact) mass is 419 g/mol. The Bertz CT molecular complexity index is 451. The Morgan fingerprint density at radius 3 is 1.37 bits per heavy atom. The summed E-state index contributed by atoms with van der Waals surface area (Å²) in [5.41, 5.74) is 0. The van der Waals surface area contributed by atoms with Gasteiger partial charge in [-0.1, -0.05) is 123 Å². The van der Waals surface area contributed by atoms with Crippen LogP contribution >= 0.6 is 0 Å². The highest BCUT2D eigenvalue weighted by Gasteiger charge is 2.03. The quantitative estimate of drug-likeness (QED) is 0.124. The minimum Gasteiger partial charge on any atom is -0.237 e. The van der Waals surface area contributed by atoms with Gasteiger partial charge in [0.1, 0.15) is 12.4 Å². The third kappa shape index (κ3) is 16.9. The first kappa shape index (κ1) is 27.2. The maximum absolute atomic E-state index is 2.38. The summed E-state index contributed by atoms with van der Waals surface area (Å²) >= 11 is 0. The molecule has 30 heavy (non-hydrogen) atoms. The number of aromatic nitrogens is 2.